The molecule has 0 spiro atoms. The highest BCUT2D eigenvalue weighted by atomic mass is 16.6. The zero-order valence-electron chi connectivity index (χ0n) is 38.6. The summed E-state index contributed by atoms with van der Waals surface area (Å²) in [5.74, 6) is -1.13. The monoisotopic (exact) mass is 841 g/mol. The summed E-state index contributed by atoms with van der Waals surface area (Å²) >= 11 is 0. The van der Waals surface area contributed by atoms with Crippen LogP contribution in [-0.4, -0.2) is 37.2 Å². The van der Waals surface area contributed by atoms with E-state index in [-0.39, 0.29) is 38.0 Å². The Morgan fingerprint density at radius 2 is 0.770 bits per heavy atom. The van der Waals surface area contributed by atoms with Gasteiger partial charge < -0.3 is 14.2 Å². The minimum Gasteiger partial charge on any atom is -0.462 e. The quantitative estimate of drug-likeness (QED) is 0.0201. The molecule has 0 bridgehead atoms. The van der Waals surface area contributed by atoms with Crippen molar-refractivity contribution in [2.75, 3.05) is 13.2 Å². The van der Waals surface area contributed by atoms with E-state index >= 15 is 0 Å². The third kappa shape index (κ3) is 46.5. The average Bonchev–Trinajstić information content (AvgIpc) is 3.26. The van der Waals surface area contributed by atoms with Gasteiger partial charge >= 0.3 is 17.9 Å². The van der Waals surface area contributed by atoms with Crippen LogP contribution in [0.1, 0.15) is 175 Å². The summed E-state index contributed by atoms with van der Waals surface area (Å²) in [5, 5.41) is 0. The molecule has 0 aromatic rings. The van der Waals surface area contributed by atoms with Crippen LogP contribution < -0.4 is 0 Å². The Balaban J connectivity index is 4.54. The van der Waals surface area contributed by atoms with E-state index in [1.807, 2.05) is 6.08 Å². The Labute approximate surface area is 373 Å². The summed E-state index contributed by atoms with van der Waals surface area (Å²) in [6.45, 7) is 6.18. The van der Waals surface area contributed by atoms with Gasteiger partial charge in [-0.15, -0.1) is 0 Å². The molecule has 340 valence electrons. The van der Waals surface area contributed by atoms with Crippen molar-refractivity contribution in [1.29, 1.82) is 0 Å². The van der Waals surface area contributed by atoms with Crippen LogP contribution in [0.15, 0.2) is 134 Å². The molecule has 0 rings (SSSR count). The normalized spacial score (nSPS) is 13.3. The van der Waals surface area contributed by atoms with Crippen LogP contribution in [0.5, 0.6) is 0 Å². The van der Waals surface area contributed by atoms with Crippen molar-refractivity contribution < 1.29 is 28.6 Å². The maximum absolute atomic E-state index is 12.7. The molecule has 0 aliphatic rings. The van der Waals surface area contributed by atoms with E-state index in [2.05, 4.69) is 142 Å². The van der Waals surface area contributed by atoms with Crippen molar-refractivity contribution in [2.45, 2.75) is 181 Å². The maximum Gasteiger partial charge on any atom is 0.309 e. The lowest BCUT2D eigenvalue weighted by Gasteiger charge is -2.18. The third-order valence-corrected chi connectivity index (χ3v) is 9.25. The van der Waals surface area contributed by atoms with Gasteiger partial charge in [-0.25, -0.2) is 0 Å². The number of esters is 3. The fraction of sp³-hybridized carbons (Fsp3) is 0.545. The Morgan fingerprint density at radius 1 is 0.377 bits per heavy atom. The summed E-state index contributed by atoms with van der Waals surface area (Å²) in [5.41, 5.74) is 0. The predicted octanol–water partition coefficient (Wildman–Crippen LogP) is 15.5. The summed E-state index contributed by atoms with van der Waals surface area (Å²) in [4.78, 5) is 37.7. The van der Waals surface area contributed by atoms with Gasteiger partial charge in [-0.05, 0) is 96.3 Å². The number of rotatable bonds is 40. The lowest BCUT2D eigenvalue weighted by Crippen LogP contribution is -2.30. The number of unbranched alkanes of at least 4 members (excludes halogenated alkanes) is 11. The van der Waals surface area contributed by atoms with E-state index in [9.17, 15) is 14.4 Å². The number of carbonyl (C=O) groups excluding carboxylic acids is 3. The first-order chi connectivity index (χ1) is 30.0. The zero-order valence-corrected chi connectivity index (χ0v) is 38.6. The minimum absolute atomic E-state index is 0.117. The molecule has 0 N–H and O–H groups in total. The van der Waals surface area contributed by atoms with Gasteiger partial charge in [0.05, 0.1) is 6.42 Å². The van der Waals surface area contributed by atoms with E-state index in [0.717, 1.165) is 109 Å². The van der Waals surface area contributed by atoms with E-state index in [0.29, 0.717) is 12.8 Å². The molecule has 0 amide bonds. The summed E-state index contributed by atoms with van der Waals surface area (Å²) in [7, 11) is 0. The predicted molar refractivity (Wildman–Crippen MR) is 260 cm³/mol. The van der Waals surface area contributed by atoms with Crippen molar-refractivity contribution in [1.82, 2.24) is 0 Å². The standard InChI is InChI=1S/C55H84O6/c1-4-7-10-13-16-19-21-23-25-27-28-30-31-33-36-39-42-45-48-54(57)60-51-52(50-59-53(56)47-44-41-38-35-18-15-12-9-6-3)61-55(58)49-46-43-40-37-34-32-29-26-24-22-20-17-14-11-8-5-2/h8-9,11-12,16-21,23-28,30,32,34-35,41,44,52H,4-7,10,13-15,22,29,31,33,36-40,42-43,45-51H2,1-3H3/b11-8-,12-9-,19-16-,20-17-,23-21-,26-24-,27-25-,30-28-,34-32-,35-18-,44-41-. The van der Waals surface area contributed by atoms with E-state index in [4.69, 9.17) is 14.2 Å². The smallest absolute Gasteiger partial charge is 0.309 e. The van der Waals surface area contributed by atoms with Gasteiger partial charge in [-0.1, -0.05) is 193 Å². The van der Waals surface area contributed by atoms with Crippen LogP contribution in [0.2, 0.25) is 0 Å². The third-order valence-electron chi connectivity index (χ3n) is 9.25. The second kappa shape index (κ2) is 48.2. The minimum atomic E-state index is -0.844. The molecule has 1 unspecified atom stereocenters. The Kier molecular flexibility index (Phi) is 44.7. The van der Waals surface area contributed by atoms with Gasteiger partial charge in [-0.2, -0.15) is 0 Å². The summed E-state index contributed by atoms with van der Waals surface area (Å²) < 4.78 is 16.6. The van der Waals surface area contributed by atoms with Crippen LogP contribution in [0, 0.1) is 0 Å². The zero-order chi connectivity index (χ0) is 44.4. The first-order valence-electron chi connectivity index (χ1n) is 23.7. The molecule has 0 heterocycles. The van der Waals surface area contributed by atoms with Crippen molar-refractivity contribution in [3.8, 4) is 0 Å². The highest BCUT2D eigenvalue weighted by Crippen LogP contribution is 2.11. The van der Waals surface area contributed by atoms with Gasteiger partial charge in [0.2, 0.25) is 0 Å². The Hall–Kier alpha value is -4.45. The number of hydrogen-bond donors (Lipinski definition) is 0. The SMILES string of the molecule is CC/C=C\C/C=C\C/C=C\C/C=C\CCCCCC(=O)OC(COC(=O)C/C=C\C/C=C\C/C=C\CC)COC(=O)CCCCCCC\C=C/C=C\C=C/C=C\CCCCC. The lowest BCUT2D eigenvalue weighted by atomic mass is 10.1. The molecule has 0 aromatic heterocycles. The van der Waals surface area contributed by atoms with E-state index < -0.39 is 12.1 Å². The number of allylic oxidation sites excluding steroid dienone is 21. The average molecular weight is 841 g/mol. The highest BCUT2D eigenvalue weighted by molar-refractivity contribution is 5.72. The van der Waals surface area contributed by atoms with Gasteiger partial charge in [0.1, 0.15) is 13.2 Å². The second-order valence-corrected chi connectivity index (χ2v) is 15.0. The molecule has 1 atom stereocenters. The van der Waals surface area contributed by atoms with Gasteiger partial charge in [0.15, 0.2) is 6.10 Å². The van der Waals surface area contributed by atoms with Crippen LogP contribution >= 0.6 is 0 Å². The first kappa shape index (κ1) is 56.5. The highest BCUT2D eigenvalue weighted by Gasteiger charge is 2.19. The van der Waals surface area contributed by atoms with Crippen molar-refractivity contribution in [2.24, 2.45) is 0 Å². The maximum atomic E-state index is 12.7. The lowest BCUT2D eigenvalue weighted by molar-refractivity contribution is -0.166. The summed E-state index contributed by atoms with van der Waals surface area (Å²) in [6.07, 6.45) is 67.5. The van der Waals surface area contributed by atoms with E-state index in [1.54, 1.807) is 6.08 Å². The summed E-state index contributed by atoms with van der Waals surface area (Å²) in [6, 6.07) is 0. The van der Waals surface area contributed by atoms with Crippen molar-refractivity contribution >= 4 is 17.9 Å². The van der Waals surface area contributed by atoms with Gasteiger partial charge in [0.25, 0.3) is 0 Å². The Morgan fingerprint density at radius 3 is 1.31 bits per heavy atom. The molecule has 0 aliphatic heterocycles. The number of ether oxygens (including phenoxy) is 3. The fourth-order valence-corrected chi connectivity index (χ4v) is 5.74. The fourth-order valence-electron chi connectivity index (χ4n) is 5.74. The topological polar surface area (TPSA) is 78.9 Å². The molecule has 0 fully saturated rings. The molecular formula is C55H84O6. The van der Waals surface area contributed by atoms with Gasteiger partial charge in [0, 0.05) is 12.8 Å². The van der Waals surface area contributed by atoms with Crippen LogP contribution in [0.3, 0.4) is 0 Å². The molecule has 6 nitrogen and oxygen atoms in total. The molecular weight excluding hydrogens is 757 g/mol. The molecule has 0 saturated carbocycles. The van der Waals surface area contributed by atoms with Crippen molar-refractivity contribution in [3.05, 3.63) is 134 Å². The van der Waals surface area contributed by atoms with Crippen molar-refractivity contribution in [3.63, 3.8) is 0 Å². The van der Waals surface area contributed by atoms with Crippen LogP contribution in [0.25, 0.3) is 0 Å². The second-order valence-electron chi connectivity index (χ2n) is 15.0. The Bertz CT molecular complexity index is 1380. The first-order valence-corrected chi connectivity index (χ1v) is 23.7. The largest absolute Gasteiger partial charge is 0.462 e. The van der Waals surface area contributed by atoms with Crippen LogP contribution in [-0.2, 0) is 28.6 Å². The molecule has 0 aliphatic carbocycles. The number of carbonyl (C=O) groups is 3. The van der Waals surface area contributed by atoms with E-state index in [1.165, 1.54) is 19.3 Å². The van der Waals surface area contributed by atoms with Gasteiger partial charge in [-0.3, -0.25) is 14.4 Å². The van der Waals surface area contributed by atoms with Crippen LogP contribution in [0.4, 0.5) is 0 Å². The molecule has 61 heavy (non-hydrogen) atoms. The number of hydrogen-bond acceptors (Lipinski definition) is 6. The molecule has 0 saturated heterocycles. The molecule has 6 heteroatoms. The molecule has 0 radical (unpaired) electrons. The molecule has 0 aromatic carbocycles.